The fourth-order valence-corrected chi connectivity index (χ4v) is 3.54. The van der Waals surface area contributed by atoms with Gasteiger partial charge in [-0.25, -0.2) is 0 Å². The lowest BCUT2D eigenvalue weighted by molar-refractivity contribution is -0.0255. The predicted octanol–water partition coefficient (Wildman–Crippen LogP) is 3.36. The molecule has 1 aromatic heterocycles. The molecule has 0 amide bonds. The molecule has 2 rings (SSSR count). The van der Waals surface area contributed by atoms with E-state index in [0.717, 1.165) is 22.1 Å². The van der Waals surface area contributed by atoms with E-state index in [1.54, 1.807) is 18.4 Å². The largest absolute Gasteiger partial charge is 0.376 e. The van der Waals surface area contributed by atoms with Crippen LogP contribution in [0.2, 0.25) is 4.34 Å². The quantitative estimate of drug-likeness (QED) is 0.886. The Morgan fingerprint density at radius 3 is 2.60 bits per heavy atom. The third-order valence-electron chi connectivity index (χ3n) is 3.32. The molecule has 0 aliphatic heterocycles. The molecule has 84 valence electrons. The molecule has 1 aliphatic rings. The van der Waals surface area contributed by atoms with Crippen LogP contribution in [0.1, 0.15) is 36.6 Å². The summed E-state index contributed by atoms with van der Waals surface area (Å²) in [4.78, 5) is 1.13. The molecule has 0 saturated heterocycles. The molecule has 0 aromatic carbocycles. The highest BCUT2D eigenvalue weighted by Gasteiger charge is 2.40. The number of thiophene rings is 1. The van der Waals surface area contributed by atoms with Gasteiger partial charge in [-0.05, 0) is 25.0 Å². The molecule has 15 heavy (non-hydrogen) atoms. The second-order valence-corrected chi connectivity index (χ2v) is 5.84. The van der Waals surface area contributed by atoms with Crippen molar-refractivity contribution in [1.82, 2.24) is 0 Å². The number of halogens is 1. The maximum absolute atomic E-state index is 6.29. The standard InChI is InChI=1S/C11H16ClNOS/c1-14-11(6-2-3-7-11)10(13)8-4-5-9(12)15-8/h4-5,10H,2-3,6-7,13H2,1H3. The molecule has 4 heteroatoms. The van der Waals surface area contributed by atoms with Crippen molar-refractivity contribution >= 4 is 22.9 Å². The van der Waals surface area contributed by atoms with Crippen LogP contribution in [0.4, 0.5) is 0 Å². The van der Waals surface area contributed by atoms with Crippen LogP contribution in [0.25, 0.3) is 0 Å². The highest BCUT2D eigenvalue weighted by atomic mass is 35.5. The summed E-state index contributed by atoms with van der Waals surface area (Å²) in [5.74, 6) is 0. The molecule has 1 aromatic rings. The molecule has 2 N–H and O–H groups in total. The second-order valence-electron chi connectivity index (χ2n) is 4.10. The minimum absolute atomic E-state index is 0.0394. The van der Waals surface area contributed by atoms with Gasteiger partial charge in [-0.2, -0.15) is 0 Å². The Morgan fingerprint density at radius 2 is 2.13 bits per heavy atom. The molecular weight excluding hydrogens is 230 g/mol. The lowest BCUT2D eigenvalue weighted by Gasteiger charge is -2.33. The van der Waals surface area contributed by atoms with E-state index < -0.39 is 0 Å². The van der Waals surface area contributed by atoms with Crippen molar-refractivity contribution in [2.45, 2.75) is 37.3 Å². The SMILES string of the molecule is COC1(C(N)c2ccc(Cl)s2)CCCC1. The van der Waals surface area contributed by atoms with Gasteiger partial charge >= 0.3 is 0 Å². The van der Waals surface area contributed by atoms with Crippen LogP contribution in [0.5, 0.6) is 0 Å². The van der Waals surface area contributed by atoms with Crippen molar-refractivity contribution in [3.05, 3.63) is 21.3 Å². The maximum Gasteiger partial charge on any atom is 0.0931 e. The summed E-state index contributed by atoms with van der Waals surface area (Å²) in [6.07, 6.45) is 4.53. The second kappa shape index (κ2) is 4.42. The number of nitrogens with two attached hydrogens (primary N) is 1. The van der Waals surface area contributed by atoms with Crippen molar-refractivity contribution in [1.29, 1.82) is 0 Å². The van der Waals surface area contributed by atoms with Gasteiger partial charge in [0.05, 0.1) is 16.0 Å². The predicted molar refractivity (Wildman–Crippen MR) is 64.5 cm³/mol. The van der Waals surface area contributed by atoms with E-state index >= 15 is 0 Å². The highest BCUT2D eigenvalue weighted by Crippen LogP contribution is 2.43. The minimum Gasteiger partial charge on any atom is -0.376 e. The number of methoxy groups -OCH3 is 1. The smallest absolute Gasteiger partial charge is 0.0931 e. The molecule has 1 atom stereocenters. The van der Waals surface area contributed by atoms with Gasteiger partial charge in [0.25, 0.3) is 0 Å². The maximum atomic E-state index is 6.29. The third-order valence-corrected chi connectivity index (χ3v) is 4.64. The van der Waals surface area contributed by atoms with E-state index in [-0.39, 0.29) is 11.6 Å². The zero-order chi connectivity index (χ0) is 10.9. The van der Waals surface area contributed by atoms with Crippen LogP contribution in [0.15, 0.2) is 12.1 Å². The lowest BCUT2D eigenvalue weighted by atomic mass is 9.91. The van der Waals surface area contributed by atoms with Crippen LogP contribution in [0, 0.1) is 0 Å². The Hall–Kier alpha value is -0.0900. The Labute approximate surface area is 99.4 Å². The molecule has 0 bridgehead atoms. The Balaban J connectivity index is 2.21. The lowest BCUT2D eigenvalue weighted by Crippen LogP contribution is -2.40. The Bertz CT molecular complexity index is 333. The van der Waals surface area contributed by atoms with E-state index in [9.17, 15) is 0 Å². The van der Waals surface area contributed by atoms with Crippen molar-refractivity contribution in [3.8, 4) is 0 Å². The number of hydrogen-bond acceptors (Lipinski definition) is 3. The number of rotatable bonds is 3. The minimum atomic E-state index is -0.159. The molecular formula is C11H16ClNOS. The van der Waals surface area contributed by atoms with E-state index in [2.05, 4.69) is 0 Å². The third kappa shape index (κ3) is 2.07. The molecule has 1 fully saturated rings. The summed E-state index contributed by atoms with van der Waals surface area (Å²) in [7, 11) is 1.76. The summed E-state index contributed by atoms with van der Waals surface area (Å²) in [6.45, 7) is 0. The van der Waals surface area contributed by atoms with Gasteiger partial charge in [-0.1, -0.05) is 24.4 Å². The fraction of sp³-hybridized carbons (Fsp3) is 0.636. The van der Waals surface area contributed by atoms with Gasteiger partial charge in [-0.3, -0.25) is 0 Å². The first-order valence-electron chi connectivity index (χ1n) is 5.24. The van der Waals surface area contributed by atoms with Crippen molar-refractivity contribution in [2.24, 2.45) is 5.73 Å². The van der Waals surface area contributed by atoms with E-state index in [4.69, 9.17) is 22.1 Å². The molecule has 2 nitrogen and oxygen atoms in total. The monoisotopic (exact) mass is 245 g/mol. The molecule has 1 unspecified atom stereocenters. The van der Waals surface area contributed by atoms with Crippen LogP contribution in [0.3, 0.4) is 0 Å². The molecule has 1 saturated carbocycles. The van der Waals surface area contributed by atoms with Crippen LogP contribution in [-0.4, -0.2) is 12.7 Å². The summed E-state index contributed by atoms with van der Waals surface area (Å²) >= 11 is 7.48. The summed E-state index contributed by atoms with van der Waals surface area (Å²) in [6, 6.07) is 3.87. The molecule has 1 heterocycles. The van der Waals surface area contributed by atoms with Gasteiger partial charge in [0, 0.05) is 12.0 Å². The van der Waals surface area contributed by atoms with Gasteiger partial charge in [0.2, 0.25) is 0 Å². The van der Waals surface area contributed by atoms with Crippen molar-refractivity contribution in [3.63, 3.8) is 0 Å². The zero-order valence-corrected chi connectivity index (χ0v) is 10.4. The first-order chi connectivity index (χ1) is 7.18. The molecule has 0 radical (unpaired) electrons. The van der Waals surface area contributed by atoms with E-state index in [0.29, 0.717) is 0 Å². The van der Waals surface area contributed by atoms with E-state index in [1.165, 1.54) is 12.8 Å². The van der Waals surface area contributed by atoms with Gasteiger partial charge < -0.3 is 10.5 Å². The normalized spacial score (nSPS) is 21.8. The Kier molecular flexibility index (Phi) is 3.36. The van der Waals surface area contributed by atoms with Gasteiger partial charge in [-0.15, -0.1) is 11.3 Å². The molecule has 0 spiro atoms. The molecule has 1 aliphatic carbocycles. The number of ether oxygens (including phenoxy) is 1. The first-order valence-corrected chi connectivity index (χ1v) is 6.43. The average molecular weight is 246 g/mol. The van der Waals surface area contributed by atoms with Crippen molar-refractivity contribution in [2.75, 3.05) is 7.11 Å². The van der Waals surface area contributed by atoms with E-state index in [1.807, 2.05) is 12.1 Å². The highest BCUT2D eigenvalue weighted by molar-refractivity contribution is 7.16. The fourth-order valence-electron chi connectivity index (χ4n) is 2.37. The van der Waals surface area contributed by atoms with Gasteiger partial charge in [0.15, 0.2) is 0 Å². The van der Waals surface area contributed by atoms with Crippen LogP contribution >= 0.6 is 22.9 Å². The first kappa shape index (κ1) is 11.4. The van der Waals surface area contributed by atoms with Crippen LogP contribution < -0.4 is 5.73 Å². The van der Waals surface area contributed by atoms with Crippen molar-refractivity contribution < 1.29 is 4.74 Å². The summed E-state index contributed by atoms with van der Waals surface area (Å²) in [5.41, 5.74) is 6.13. The summed E-state index contributed by atoms with van der Waals surface area (Å²) in [5, 5.41) is 0. The van der Waals surface area contributed by atoms with Crippen LogP contribution in [-0.2, 0) is 4.74 Å². The zero-order valence-electron chi connectivity index (χ0n) is 8.83. The average Bonchev–Trinajstić information content (AvgIpc) is 2.86. The Morgan fingerprint density at radius 1 is 1.47 bits per heavy atom. The summed E-state index contributed by atoms with van der Waals surface area (Å²) < 4.78 is 6.46. The number of hydrogen-bond donors (Lipinski definition) is 1. The van der Waals surface area contributed by atoms with Gasteiger partial charge in [0.1, 0.15) is 0 Å². The topological polar surface area (TPSA) is 35.2 Å².